The van der Waals surface area contributed by atoms with Gasteiger partial charge in [-0.15, -0.1) is 0 Å². The Labute approximate surface area is 139 Å². The Hall–Kier alpha value is -1.76. The van der Waals surface area contributed by atoms with Gasteiger partial charge >= 0.3 is 0 Å². The van der Waals surface area contributed by atoms with Crippen molar-refractivity contribution in [1.29, 1.82) is 0 Å². The highest BCUT2D eigenvalue weighted by Crippen LogP contribution is 2.51. The van der Waals surface area contributed by atoms with Crippen molar-refractivity contribution in [3.63, 3.8) is 0 Å². The van der Waals surface area contributed by atoms with Crippen LogP contribution in [0.2, 0.25) is 0 Å². The first kappa shape index (κ1) is 14.8. The van der Waals surface area contributed by atoms with E-state index in [2.05, 4.69) is 61.5 Å². The van der Waals surface area contributed by atoms with Gasteiger partial charge in [0.2, 0.25) is 0 Å². The fourth-order valence-electron chi connectivity index (χ4n) is 4.80. The zero-order chi connectivity index (χ0) is 15.6. The van der Waals surface area contributed by atoms with E-state index in [0.29, 0.717) is 6.10 Å². The molecular weight excluding hydrogens is 280 g/mol. The monoisotopic (exact) mass is 306 g/mol. The molecule has 1 nitrogen and oxygen atoms in total. The maximum atomic E-state index is 6.52. The SMILES string of the molecule is CCCC1CC2CC1CC2Oc1ccccc1-c1ccccc1. The van der Waals surface area contributed by atoms with Crippen LogP contribution in [0.15, 0.2) is 54.6 Å². The molecule has 0 saturated heterocycles. The molecular formula is C22H26O. The number of rotatable bonds is 5. The molecule has 4 rings (SSSR count). The second-order valence-electron chi connectivity index (χ2n) is 7.29. The van der Waals surface area contributed by atoms with Crippen molar-refractivity contribution >= 4 is 0 Å². The van der Waals surface area contributed by atoms with Crippen LogP contribution in [-0.2, 0) is 0 Å². The largest absolute Gasteiger partial charge is 0.489 e. The first-order valence-corrected chi connectivity index (χ1v) is 9.16. The molecule has 120 valence electrons. The number of ether oxygens (including phenoxy) is 1. The van der Waals surface area contributed by atoms with Gasteiger partial charge in [-0.3, -0.25) is 0 Å². The molecule has 23 heavy (non-hydrogen) atoms. The summed E-state index contributed by atoms with van der Waals surface area (Å²) in [4.78, 5) is 0. The van der Waals surface area contributed by atoms with Crippen molar-refractivity contribution in [3.8, 4) is 16.9 Å². The maximum absolute atomic E-state index is 6.52. The van der Waals surface area contributed by atoms with Crippen LogP contribution in [0.5, 0.6) is 5.75 Å². The molecule has 4 atom stereocenters. The molecule has 4 unspecified atom stereocenters. The Morgan fingerprint density at radius 1 is 0.870 bits per heavy atom. The molecule has 0 heterocycles. The lowest BCUT2D eigenvalue weighted by Gasteiger charge is -2.29. The summed E-state index contributed by atoms with van der Waals surface area (Å²) in [7, 11) is 0. The quantitative estimate of drug-likeness (QED) is 0.663. The van der Waals surface area contributed by atoms with Crippen molar-refractivity contribution in [2.75, 3.05) is 0 Å². The molecule has 2 fully saturated rings. The van der Waals surface area contributed by atoms with Crippen molar-refractivity contribution in [1.82, 2.24) is 0 Å². The van der Waals surface area contributed by atoms with Gasteiger partial charge in [-0.2, -0.15) is 0 Å². The van der Waals surface area contributed by atoms with E-state index in [1.165, 1.54) is 43.2 Å². The Morgan fingerprint density at radius 2 is 1.65 bits per heavy atom. The molecule has 2 aliphatic carbocycles. The second-order valence-corrected chi connectivity index (χ2v) is 7.29. The number of benzene rings is 2. The highest BCUT2D eigenvalue weighted by Gasteiger charge is 2.46. The second kappa shape index (κ2) is 6.39. The van der Waals surface area contributed by atoms with Gasteiger partial charge in [-0.1, -0.05) is 68.3 Å². The topological polar surface area (TPSA) is 9.23 Å². The highest BCUT2D eigenvalue weighted by molar-refractivity contribution is 5.70. The van der Waals surface area contributed by atoms with Crippen LogP contribution in [0.4, 0.5) is 0 Å². The van der Waals surface area contributed by atoms with Crippen LogP contribution in [0.1, 0.15) is 39.0 Å². The van der Waals surface area contributed by atoms with E-state index in [4.69, 9.17) is 4.74 Å². The highest BCUT2D eigenvalue weighted by atomic mass is 16.5. The number of fused-ring (bicyclic) bond motifs is 2. The minimum absolute atomic E-state index is 0.429. The summed E-state index contributed by atoms with van der Waals surface area (Å²) in [5, 5.41) is 0. The zero-order valence-corrected chi connectivity index (χ0v) is 13.9. The number of hydrogen-bond acceptors (Lipinski definition) is 1. The number of para-hydroxylation sites is 1. The van der Waals surface area contributed by atoms with Crippen molar-refractivity contribution < 1.29 is 4.74 Å². The summed E-state index contributed by atoms with van der Waals surface area (Å²) in [6, 6.07) is 19.1. The molecule has 0 N–H and O–H groups in total. The van der Waals surface area contributed by atoms with E-state index in [0.717, 1.165) is 23.5 Å². The van der Waals surface area contributed by atoms with Crippen LogP contribution in [-0.4, -0.2) is 6.10 Å². The molecule has 0 aliphatic heterocycles. The lowest BCUT2D eigenvalue weighted by atomic mass is 9.84. The van der Waals surface area contributed by atoms with Crippen LogP contribution in [0.3, 0.4) is 0 Å². The van der Waals surface area contributed by atoms with Gasteiger partial charge in [0.05, 0.1) is 0 Å². The Kier molecular flexibility index (Phi) is 4.11. The molecule has 1 heteroatoms. The van der Waals surface area contributed by atoms with E-state index in [9.17, 15) is 0 Å². The molecule has 2 saturated carbocycles. The minimum Gasteiger partial charge on any atom is -0.489 e. The van der Waals surface area contributed by atoms with Crippen molar-refractivity contribution in [2.45, 2.75) is 45.1 Å². The first-order chi connectivity index (χ1) is 11.3. The van der Waals surface area contributed by atoms with E-state index in [-0.39, 0.29) is 0 Å². The maximum Gasteiger partial charge on any atom is 0.127 e. The smallest absolute Gasteiger partial charge is 0.127 e. The standard InChI is InChI=1S/C22H26O/c1-2-8-17-13-19-14-18(17)15-22(19)23-21-12-7-6-11-20(21)16-9-4-3-5-10-16/h3-7,9-12,17-19,22H,2,8,13-15H2,1H3. The van der Waals surface area contributed by atoms with Gasteiger partial charge < -0.3 is 4.74 Å². The lowest BCUT2D eigenvalue weighted by Crippen LogP contribution is -2.27. The van der Waals surface area contributed by atoms with E-state index in [1.807, 2.05) is 0 Å². The molecule has 2 aromatic rings. The Morgan fingerprint density at radius 3 is 2.39 bits per heavy atom. The molecule has 2 aliphatic rings. The van der Waals surface area contributed by atoms with E-state index in [1.54, 1.807) is 0 Å². The minimum atomic E-state index is 0.429. The average Bonchev–Trinajstić information content (AvgIpc) is 3.16. The molecule has 0 spiro atoms. The predicted molar refractivity (Wildman–Crippen MR) is 95.5 cm³/mol. The van der Waals surface area contributed by atoms with Crippen LogP contribution in [0.25, 0.3) is 11.1 Å². The van der Waals surface area contributed by atoms with E-state index < -0.39 is 0 Å². The van der Waals surface area contributed by atoms with Crippen molar-refractivity contribution in [3.05, 3.63) is 54.6 Å². The summed E-state index contributed by atoms with van der Waals surface area (Å²) in [5.74, 6) is 3.71. The number of hydrogen-bond donors (Lipinski definition) is 0. The van der Waals surface area contributed by atoms with Gasteiger partial charge in [-0.25, -0.2) is 0 Å². The predicted octanol–water partition coefficient (Wildman–Crippen LogP) is 5.95. The summed E-state index contributed by atoms with van der Waals surface area (Å²) >= 11 is 0. The Balaban J connectivity index is 1.51. The fraction of sp³-hybridized carbons (Fsp3) is 0.455. The molecule has 2 bridgehead atoms. The van der Waals surface area contributed by atoms with Gasteiger partial charge in [-0.05, 0) is 48.6 Å². The van der Waals surface area contributed by atoms with Gasteiger partial charge in [0.1, 0.15) is 11.9 Å². The van der Waals surface area contributed by atoms with Crippen molar-refractivity contribution in [2.24, 2.45) is 17.8 Å². The van der Waals surface area contributed by atoms with Crippen LogP contribution < -0.4 is 4.74 Å². The molecule has 2 aromatic carbocycles. The molecule has 0 amide bonds. The summed E-state index contributed by atoms with van der Waals surface area (Å²) in [6.07, 6.45) is 7.21. The normalized spacial score (nSPS) is 28.9. The van der Waals surface area contributed by atoms with Crippen LogP contribution >= 0.6 is 0 Å². The van der Waals surface area contributed by atoms with Gasteiger partial charge in [0.25, 0.3) is 0 Å². The summed E-state index contributed by atoms with van der Waals surface area (Å²) in [6.45, 7) is 2.32. The third kappa shape index (κ3) is 2.89. The zero-order valence-electron chi connectivity index (χ0n) is 13.9. The summed E-state index contributed by atoms with van der Waals surface area (Å²) in [5.41, 5.74) is 2.47. The van der Waals surface area contributed by atoms with E-state index >= 15 is 0 Å². The third-order valence-electron chi connectivity index (χ3n) is 5.85. The van der Waals surface area contributed by atoms with Gasteiger partial charge in [0, 0.05) is 5.56 Å². The average molecular weight is 306 g/mol. The molecule has 0 aromatic heterocycles. The Bertz CT molecular complexity index is 648. The molecule has 0 radical (unpaired) electrons. The van der Waals surface area contributed by atoms with Gasteiger partial charge in [0.15, 0.2) is 0 Å². The summed E-state index contributed by atoms with van der Waals surface area (Å²) < 4.78 is 6.52. The van der Waals surface area contributed by atoms with Crippen LogP contribution in [0, 0.1) is 17.8 Å². The lowest BCUT2D eigenvalue weighted by molar-refractivity contribution is 0.116. The third-order valence-corrected chi connectivity index (χ3v) is 5.85. The first-order valence-electron chi connectivity index (χ1n) is 9.16. The fourth-order valence-corrected chi connectivity index (χ4v) is 4.80.